The topological polar surface area (TPSA) is 76.5 Å². The number of nitrogens with one attached hydrogen (secondary N) is 1. The molecule has 1 aliphatic rings. The van der Waals surface area contributed by atoms with Crippen LogP contribution in [0.3, 0.4) is 0 Å². The quantitative estimate of drug-likeness (QED) is 0.600. The maximum Gasteiger partial charge on any atom is 0.257 e. The fourth-order valence-corrected chi connectivity index (χ4v) is 4.19. The van der Waals surface area contributed by atoms with Crippen LogP contribution in [-0.4, -0.2) is 52.7 Å². The number of ether oxygens (including phenoxy) is 1. The van der Waals surface area contributed by atoms with Gasteiger partial charge in [-0.25, -0.2) is 0 Å². The number of amides is 2. The lowest BCUT2D eigenvalue weighted by molar-refractivity contribution is -0.121. The van der Waals surface area contributed by atoms with Gasteiger partial charge in [-0.3, -0.25) is 14.3 Å². The van der Waals surface area contributed by atoms with Gasteiger partial charge < -0.3 is 15.0 Å². The number of hydrogen-bond donors (Lipinski definition) is 1. The molecular formula is C26H30N4O3. The smallest absolute Gasteiger partial charge is 0.257 e. The van der Waals surface area contributed by atoms with Crippen LogP contribution in [0.1, 0.15) is 42.1 Å². The molecule has 2 amide bonds. The van der Waals surface area contributed by atoms with Crippen LogP contribution < -0.4 is 10.1 Å². The van der Waals surface area contributed by atoms with Crippen molar-refractivity contribution in [3.8, 4) is 17.0 Å². The summed E-state index contributed by atoms with van der Waals surface area (Å²) in [7, 11) is 1.62. The molecule has 1 aromatic heterocycles. The van der Waals surface area contributed by atoms with Gasteiger partial charge in [0.25, 0.3) is 5.91 Å². The number of benzene rings is 2. The van der Waals surface area contributed by atoms with E-state index in [2.05, 4.69) is 5.32 Å². The second-order valence-corrected chi connectivity index (χ2v) is 8.32. The Kier molecular flexibility index (Phi) is 7.07. The van der Waals surface area contributed by atoms with E-state index in [1.165, 1.54) is 0 Å². The lowest BCUT2D eigenvalue weighted by Gasteiger charge is -2.33. The Balaban J connectivity index is 1.64. The Labute approximate surface area is 194 Å². The SMILES string of the molecule is CCC(=O)NC1CCCN(C(=O)c2cn(Cc3ccccc3)nc2-c2cccc(OC)c2)C1. The molecule has 33 heavy (non-hydrogen) atoms. The summed E-state index contributed by atoms with van der Waals surface area (Å²) in [5, 5.41) is 7.83. The predicted molar refractivity (Wildman–Crippen MR) is 127 cm³/mol. The summed E-state index contributed by atoms with van der Waals surface area (Å²) < 4.78 is 7.20. The number of piperidine rings is 1. The summed E-state index contributed by atoms with van der Waals surface area (Å²) in [5.74, 6) is 0.661. The first-order chi connectivity index (χ1) is 16.1. The fraction of sp³-hybridized carbons (Fsp3) is 0.346. The van der Waals surface area contributed by atoms with Gasteiger partial charge in [-0.15, -0.1) is 0 Å². The van der Waals surface area contributed by atoms with Gasteiger partial charge in [0.05, 0.1) is 19.2 Å². The number of carbonyl (C=O) groups excluding carboxylic acids is 2. The average molecular weight is 447 g/mol. The highest BCUT2D eigenvalue weighted by atomic mass is 16.5. The van der Waals surface area contributed by atoms with E-state index in [0.29, 0.717) is 43.1 Å². The van der Waals surface area contributed by atoms with Crippen molar-refractivity contribution in [2.24, 2.45) is 0 Å². The molecule has 0 spiro atoms. The van der Waals surface area contributed by atoms with Crippen molar-refractivity contribution in [3.05, 3.63) is 71.9 Å². The number of hydrogen-bond acceptors (Lipinski definition) is 4. The number of nitrogens with zero attached hydrogens (tertiary/aromatic N) is 3. The van der Waals surface area contributed by atoms with Crippen molar-refractivity contribution < 1.29 is 14.3 Å². The van der Waals surface area contributed by atoms with Crippen molar-refractivity contribution in [1.29, 1.82) is 0 Å². The molecule has 1 atom stereocenters. The molecule has 1 aliphatic heterocycles. The minimum atomic E-state index is -0.0671. The summed E-state index contributed by atoms with van der Waals surface area (Å²) >= 11 is 0. The molecule has 1 unspecified atom stereocenters. The van der Waals surface area contributed by atoms with Crippen LogP contribution in [-0.2, 0) is 11.3 Å². The molecule has 1 saturated heterocycles. The van der Waals surface area contributed by atoms with E-state index in [4.69, 9.17) is 9.84 Å². The largest absolute Gasteiger partial charge is 0.497 e. The van der Waals surface area contributed by atoms with Crippen molar-refractivity contribution >= 4 is 11.8 Å². The molecule has 7 heteroatoms. The molecule has 0 bridgehead atoms. The predicted octanol–water partition coefficient (Wildman–Crippen LogP) is 3.74. The van der Waals surface area contributed by atoms with Crippen LogP contribution >= 0.6 is 0 Å². The first kappa shape index (κ1) is 22.6. The monoisotopic (exact) mass is 446 g/mol. The Hall–Kier alpha value is -3.61. The van der Waals surface area contributed by atoms with Crippen molar-refractivity contribution in [1.82, 2.24) is 20.0 Å². The normalized spacial score (nSPS) is 15.8. The van der Waals surface area contributed by atoms with Crippen LogP contribution in [0.15, 0.2) is 60.8 Å². The van der Waals surface area contributed by atoms with Crippen LogP contribution in [0.25, 0.3) is 11.3 Å². The van der Waals surface area contributed by atoms with E-state index in [1.54, 1.807) is 7.11 Å². The minimum Gasteiger partial charge on any atom is -0.497 e. The third-order valence-electron chi connectivity index (χ3n) is 5.92. The van der Waals surface area contributed by atoms with E-state index in [0.717, 1.165) is 24.0 Å². The Morgan fingerprint density at radius 1 is 1.15 bits per heavy atom. The molecule has 0 saturated carbocycles. The highest BCUT2D eigenvalue weighted by Gasteiger charge is 2.28. The Morgan fingerprint density at radius 2 is 1.97 bits per heavy atom. The van der Waals surface area contributed by atoms with Gasteiger partial charge in [-0.2, -0.15) is 5.10 Å². The average Bonchev–Trinajstić information content (AvgIpc) is 3.28. The zero-order valence-corrected chi connectivity index (χ0v) is 19.2. The molecular weight excluding hydrogens is 416 g/mol. The van der Waals surface area contributed by atoms with Gasteiger partial charge >= 0.3 is 0 Å². The zero-order chi connectivity index (χ0) is 23.2. The summed E-state index contributed by atoms with van der Waals surface area (Å²) in [6, 6.07) is 17.6. The maximum atomic E-state index is 13.6. The number of rotatable bonds is 7. The summed E-state index contributed by atoms with van der Waals surface area (Å²) in [6.07, 6.45) is 4.01. The fourth-order valence-electron chi connectivity index (χ4n) is 4.19. The number of carbonyl (C=O) groups is 2. The second-order valence-electron chi connectivity index (χ2n) is 8.32. The first-order valence-electron chi connectivity index (χ1n) is 11.4. The summed E-state index contributed by atoms with van der Waals surface area (Å²) in [4.78, 5) is 27.3. The van der Waals surface area contributed by atoms with Crippen molar-refractivity contribution in [2.75, 3.05) is 20.2 Å². The lowest BCUT2D eigenvalue weighted by Crippen LogP contribution is -2.49. The molecule has 3 aromatic rings. The van der Waals surface area contributed by atoms with E-state index < -0.39 is 0 Å². The lowest BCUT2D eigenvalue weighted by atomic mass is 10.0. The molecule has 4 rings (SSSR count). The highest BCUT2D eigenvalue weighted by Crippen LogP contribution is 2.28. The molecule has 0 aliphatic carbocycles. The van der Waals surface area contributed by atoms with Crippen LogP contribution in [0, 0.1) is 0 Å². The molecule has 0 radical (unpaired) electrons. The van der Waals surface area contributed by atoms with Crippen LogP contribution in [0.4, 0.5) is 0 Å². The van der Waals surface area contributed by atoms with Gasteiger partial charge in [0, 0.05) is 37.3 Å². The van der Waals surface area contributed by atoms with Crippen molar-refractivity contribution in [3.63, 3.8) is 0 Å². The molecule has 1 fully saturated rings. The molecule has 2 heterocycles. The van der Waals surface area contributed by atoms with Gasteiger partial charge in [0.2, 0.25) is 5.91 Å². The van der Waals surface area contributed by atoms with Gasteiger partial charge in [0.15, 0.2) is 0 Å². The second kappa shape index (κ2) is 10.3. The number of aromatic nitrogens is 2. The maximum absolute atomic E-state index is 13.6. The molecule has 172 valence electrons. The van der Waals surface area contributed by atoms with Gasteiger partial charge in [-0.1, -0.05) is 49.4 Å². The molecule has 2 aromatic carbocycles. The molecule has 1 N–H and O–H groups in total. The highest BCUT2D eigenvalue weighted by molar-refractivity contribution is 6.00. The standard InChI is InChI=1S/C26H30N4O3/c1-3-24(31)27-21-12-8-14-29(17-21)26(32)23-18-30(16-19-9-5-4-6-10-19)28-25(23)20-11-7-13-22(15-20)33-2/h4-7,9-11,13,15,18,21H,3,8,12,14,16-17H2,1-2H3,(H,27,31). The Morgan fingerprint density at radius 3 is 2.73 bits per heavy atom. The van der Waals surface area contributed by atoms with Gasteiger partial charge in [0.1, 0.15) is 11.4 Å². The molecule has 7 nitrogen and oxygen atoms in total. The van der Waals surface area contributed by atoms with Crippen molar-refractivity contribution in [2.45, 2.75) is 38.8 Å². The van der Waals surface area contributed by atoms with E-state index >= 15 is 0 Å². The summed E-state index contributed by atoms with van der Waals surface area (Å²) in [5.41, 5.74) is 3.13. The third-order valence-corrected chi connectivity index (χ3v) is 5.92. The van der Waals surface area contributed by atoms with Gasteiger partial charge in [-0.05, 0) is 30.5 Å². The summed E-state index contributed by atoms with van der Waals surface area (Å²) in [6.45, 7) is 3.58. The van der Waals surface area contributed by atoms with Crippen LogP contribution in [0.2, 0.25) is 0 Å². The van der Waals surface area contributed by atoms with E-state index in [9.17, 15) is 9.59 Å². The zero-order valence-electron chi connectivity index (χ0n) is 19.2. The Bertz CT molecular complexity index is 1110. The minimum absolute atomic E-state index is 0.0158. The number of likely N-dealkylation sites (tertiary alicyclic amines) is 1. The number of methoxy groups -OCH3 is 1. The van der Waals surface area contributed by atoms with Crippen LogP contribution in [0.5, 0.6) is 5.75 Å². The van der Waals surface area contributed by atoms with E-state index in [1.807, 2.05) is 77.3 Å². The third kappa shape index (κ3) is 5.42. The van der Waals surface area contributed by atoms with E-state index in [-0.39, 0.29) is 17.9 Å². The first-order valence-corrected chi connectivity index (χ1v) is 11.4.